The van der Waals surface area contributed by atoms with E-state index in [1.165, 1.54) is 16.3 Å². The van der Waals surface area contributed by atoms with Gasteiger partial charge in [-0.3, -0.25) is 14.3 Å². The van der Waals surface area contributed by atoms with E-state index in [2.05, 4.69) is 27.4 Å². The highest BCUT2D eigenvalue weighted by Crippen LogP contribution is 2.37. The van der Waals surface area contributed by atoms with Crippen LogP contribution in [0.1, 0.15) is 50.0 Å². The van der Waals surface area contributed by atoms with Gasteiger partial charge in [0.25, 0.3) is 5.56 Å². The van der Waals surface area contributed by atoms with Gasteiger partial charge in [0.2, 0.25) is 5.16 Å². The monoisotopic (exact) mass is 452 g/mol. The molecule has 3 aromatic heterocycles. The summed E-state index contributed by atoms with van der Waals surface area (Å²) < 4.78 is 5.34. The first-order valence-corrected chi connectivity index (χ1v) is 11.8. The number of thioether (sulfide) groups is 1. The Balaban J connectivity index is 1.56. The van der Waals surface area contributed by atoms with Crippen molar-refractivity contribution in [3.63, 3.8) is 0 Å². The summed E-state index contributed by atoms with van der Waals surface area (Å²) in [5, 5.41) is 12.8. The van der Waals surface area contributed by atoms with Crippen LogP contribution in [0, 0.1) is 0 Å². The summed E-state index contributed by atoms with van der Waals surface area (Å²) in [5.41, 5.74) is 0.952. The van der Waals surface area contributed by atoms with Crippen molar-refractivity contribution in [3.8, 4) is 0 Å². The molecule has 1 fully saturated rings. The number of rotatable bonds is 9. The normalized spacial score (nSPS) is 13.8. The average Bonchev–Trinajstić information content (AvgIpc) is 3.41. The Bertz CT molecular complexity index is 1350. The predicted molar refractivity (Wildman–Crippen MR) is 121 cm³/mol. The van der Waals surface area contributed by atoms with E-state index in [0.717, 1.165) is 42.2 Å². The molecule has 1 aliphatic carbocycles. The van der Waals surface area contributed by atoms with Crippen LogP contribution in [0.2, 0.25) is 0 Å². The summed E-state index contributed by atoms with van der Waals surface area (Å²) in [7, 11) is 0. The van der Waals surface area contributed by atoms with E-state index in [-0.39, 0.29) is 0 Å². The van der Waals surface area contributed by atoms with Gasteiger partial charge in [-0.05, 0) is 35.3 Å². The lowest BCUT2D eigenvalue weighted by atomic mass is 10.2. The highest BCUT2D eigenvalue weighted by atomic mass is 32.2. The SMILES string of the molecule is CCCCn1c(CSc2nnnn2C2CC2)nc2c1c(=O)[nH]c(=O)n2Cc1ccccc1. The first-order chi connectivity index (χ1) is 15.7. The zero-order chi connectivity index (χ0) is 22.1. The second-order valence-electron chi connectivity index (χ2n) is 7.96. The van der Waals surface area contributed by atoms with Crippen molar-refractivity contribution >= 4 is 22.9 Å². The molecule has 1 N–H and O–H groups in total. The first kappa shape index (κ1) is 20.7. The molecule has 0 unspecified atom stereocenters. The third kappa shape index (κ3) is 3.99. The summed E-state index contributed by atoms with van der Waals surface area (Å²) in [6.07, 6.45) is 4.07. The average molecular weight is 453 g/mol. The number of H-pyrrole nitrogens is 1. The van der Waals surface area contributed by atoms with Gasteiger partial charge in [-0.1, -0.05) is 55.4 Å². The largest absolute Gasteiger partial charge is 0.330 e. The first-order valence-electron chi connectivity index (χ1n) is 10.8. The van der Waals surface area contributed by atoms with E-state index in [0.29, 0.717) is 36.0 Å². The standard InChI is InChI=1S/C21H24N8O2S/c1-2-3-11-27-16(13-32-21-24-25-26-29(21)15-9-10-15)22-18-17(27)19(30)23-20(31)28(18)12-14-7-5-4-6-8-14/h4-8,15H,2-3,9-13H2,1H3,(H,23,30,31). The maximum absolute atomic E-state index is 12.8. The van der Waals surface area contributed by atoms with E-state index in [1.54, 1.807) is 0 Å². The molecule has 0 radical (unpaired) electrons. The molecule has 0 aliphatic heterocycles. The van der Waals surface area contributed by atoms with Crippen LogP contribution in [0.15, 0.2) is 45.1 Å². The number of aromatic nitrogens is 8. The molecule has 5 rings (SSSR count). The van der Waals surface area contributed by atoms with Gasteiger partial charge in [0.15, 0.2) is 11.2 Å². The van der Waals surface area contributed by atoms with Crippen LogP contribution >= 0.6 is 11.8 Å². The molecule has 32 heavy (non-hydrogen) atoms. The fourth-order valence-electron chi connectivity index (χ4n) is 3.76. The van der Waals surface area contributed by atoms with Gasteiger partial charge in [-0.15, -0.1) is 5.10 Å². The number of hydrogen-bond acceptors (Lipinski definition) is 7. The highest BCUT2D eigenvalue weighted by Gasteiger charge is 2.28. The van der Waals surface area contributed by atoms with E-state index >= 15 is 0 Å². The van der Waals surface area contributed by atoms with Gasteiger partial charge in [-0.2, -0.15) is 0 Å². The molecule has 3 heterocycles. The number of benzene rings is 1. The highest BCUT2D eigenvalue weighted by molar-refractivity contribution is 7.98. The predicted octanol–water partition coefficient (Wildman–Crippen LogP) is 2.35. The number of fused-ring (bicyclic) bond motifs is 1. The molecule has 1 saturated carbocycles. The molecular weight excluding hydrogens is 428 g/mol. The summed E-state index contributed by atoms with van der Waals surface area (Å²) in [6.45, 7) is 3.10. The Kier molecular flexibility index (Phi) is 5.64. The third-order valence-electron chi connectivity index (χ3n) is 5.57. The lowest BCUT2D eigenvalue weighted by Gasteiger charge is -2.09. The molecule has 166 valence electrons. The minimum absolute atomic E-state index is 0.338. The van der Waals surface area contributed by atoms with Crippen LogP contribution in [-0.2, 0) is 18.8 Å². The zero-order valence-electron chi connectivity index (χ0n) is 17.8. The Morgan fingerprint density at radius 3 is 2.72 bits per heavy atom. The van der Waals surface area contributed by atoms with Gasteiger partial charge in [0.1, 0.15) is 5.82 Å². The molecule has 0 bridgehead atoms. The number of nitrogens with one attached hydrogen (secondary N) is 1. The van der Waals surface area contributed by atoms with Crippen molar-refractivity contribution in [2.24, 2.45) is 0 Å². The number of unbranched alkanes of at least 4 members (excludes halogenated alkanes) is 1. The van der Waals surface area contributed by atoms with Gasteiger partial charge in [-0.25, -0.2) is 14.5 Å². The van der Waals surface area contributed by atoms with Crippen LogP contribution in [0.25, 0.3) is 11.2 Å². The fraction of sp³-hybridized carbons (Fsp3) is 0.429. The molecule has 0 spiro atoms. The minimum Gasteiger partial charge on any atom is -0.321 e. The number of hydrogen-bond donors (Lipinski definition) is 1. The van der Waals surface area contributed by atoms with Gasteiger partial charge >= 0.3 is 5.69 Å². The van der Waals surface area contributed by atoms with E-state index in [4.69, 9.17) is 4.98 Å². The smallest absolute Gasteiger partial charge is 0.321 e. The molecule has 1 aromatic carbocycles. The number of aromatic amines is 1. The van der Waals surface area contributed by atoms with Gasteiger partial charge < -0.3 is 4.57 Å². The Hall–Kier alpha value is -3.21. The minimum atomic E-state index is -0.455. The van der Waals surface area contributed by atoms with Crippen molar-refractivity contribution in [3.05, 3.63) is 62.6 Å². The molecule has 11 heteroatoms. The molecular formula is C21H24N8O2S. The van der Waals surface area contributed by atoms with Gasteiger partial charge in [0.05, 0.1) is 18.3 Å². The Labute approximate surface area is 187 Å². The van der Waals surface area contributed by atoms with Crippen LogP contribution in [0.5, 0.6) is 0 Å². The molecule has 10 nitrogen and oxygen atoms in total. The van der Waals surface area contributed by atoms with Crippen LogP contribution in [0.3, 0.4) is 0 Å². The molecule has 0 amide bonds. The topological polar surface area (TPSA) is 116 Å². The Morgan fingerprint density at radius 2 is 1.97 bits per heavy atom. The summed E-state index contributed by atoms with van der Waals surface area (Å²) in [5.74, 6) is 1.24. The summed E-state index contributed by atoms with van der Waals surface area (Å²) in [4.78, 5) is 32.8. The quantitative estimate of drug-likeness (QED) is 0.388. The summed E-state index contributed by atoms with van der Waals surface area (Å²) in [6, 6.07) is 10.1. The zero-order valence-corrected chi connectivity index (χ0v) is 18.6. The molecule has 4 aromatic rings. The van der Waals surface area contributed by atoms with E-state index < -0.39 is 11.2 Å². The second-order valence-corrected chi connectivity index (χ2v) is 8.90. The second kappa shape index (κ2) is 8.73. The maximum atomic E-state index is 12.8. The van der Waals surface area contributed by atoms with Gasteiger partial charge in [0, 0.05) is 6.54 Å². The van der Waals surface area contributed by atoms with Crippen molar-refractivity contribution in [2.75, 3.05) is 0 Å². The number of tetrazole rings is 1. The summed E-state index contributed by atoms with van der Waals surface area (Å²) >= 11 is 1.50. The van der Waals surface area contributed by atoms with E-state index in [1.807, 2.05) is 39.6 Å². The van der Waals surface area contributed by atoms with Crippen molar-refractivity contribution in [1.82, 2.24) is 39.3 Å². The third-order valence-corrected chi connectivity index (χ3v) is 6.50. The van der Waals surface area contributed by atoms with E-state index in [9.17, 15) is 9.59 Å². The number of nitrogens with zero attached hydrogens (tertiary/aromatic N) is 7. The number of aryl methyl sites for hydroxylation is 1. The molecule has 1 aliphatic rings. The van der Waals surface area contributed by atoms with Crippen molar-refractivity contribution in [1.29, 1.82) is 0 Å². The Morgan fingerprint density at radius 1 is 1.16 bits per heavy atom. The van der Waals surface area contributed by atoms with Crippen molar-refractivity contribution in [2.45, 2.75) is 62.6 Å². The molecule has 0 saturated heterocycles. The lowest BCUT2D eigenvalue weighted by Crippen LogP contribution is -2.31. The van der Waals surface area contributed by atoms with Crippen LogP contribution in [-0.4, -0.2) is 39.3 Å². The van der Waals surface area contributed by atoms with Crippen LogP contribution < -0.4 is 11.2 Å². The maximum Gasteiger partial charge on any atom is 0.330 e. The van der Waals surface area contributed by atoms with Crippen LogP contribution in [0.4, 0.5) is 0 Å². The fourth-order valence-corrected chi connectivity index (χ4v) is 4.65. The van der Waals surface area contributed by atoms with Crippen molar-refractivity contribution < 1.29 is 0 Å². The lowest BCUT2D eigenvalue weighted by molar-refractivity contribution is 0.565. The number of imidazole rings is 1. The molecule has 0 atom stereocenters.